The van der Waals surface area contributed by atoms with Gasteiger partial charge in [0.1, 0.15) is 55.9 Å². The van der Waals surface area contributed by atoms with Crippen LogP contribution in [0.5, 0.6) is 0 Å². The monoisotopic (exact) mass is 793 g/mol. The third-order valence-corrected chi connectivity index (χ3v) is 7.83. The van der Waals surface area contributed by atoms with E-state index >= 15 is 0 Å². The number of hydrazine groups is 2. The summed E-state index contributed by atoms with van der Waals surface area (Å²) in [5.74, 6) is -1.14. The van der Waals surface area contributed by atoms with E-state index in [9.17, 15) is 51.0 Å². The Morgan fingerprint density at radius 3 is 1.61 bits per heavy atom. The Hall–Kier alpha value is -7.44. The maximum absolute atomic E-state index is 12.8. The van der Waals surface area contributed by atoms with E-state index in [0.29, 0.717) is 15.3 Å². The Kier molecular flexibility index (Phi) is 12.2. The van der Waals surface area contributed by atoms with Crippen molar-refractivity contribution in [3.05, 3.63) is 112 Å². The molecule has 0 atom stereocenters. The van der Waals surface area contributed by atoms with E-state index in [2.05, 4.69) is 46.1 Å². The smallest absolute Gasteiger partial charge is 0.411 e. The van der Waals surface area contributed by atoms with Gasteiger partial charge >= 0.3 is 23.1 Å². The van der Waals surface area contributed by atoms with E-state index in [-0.39, 0.29) is 17.2 Å². The zero-order valence-corrected chi connectivity index (χ0v) is 28.7. The fourth-order valence-electron chi connectivity index (χ4n) is 3.87. The van der Waals surface area contributed by atoms with Crippen LogP contribution >= 0.6 is 0 Å². The summed E-state index contributed by atoms with van der Waals surface area (Å²) >= 11 is 0. The van der Waals surface area contributed by atoms with Crippen molar-refractivity contribution in [3.63, 3.8) is 0 Å². The molecule has 2 N–H and O–H groups in total. The zero-order valence-electron chi connectivity index (χ0n) is 27.1. The molecule has 2 aromatic heterocycles. The molecule has 0 fully saturated rings. The molecule has 3 aromatic carbocycles. The average Bonchev–Trinajstić information content (AvgIpc) is 3.92. The highest BCUT2D eigenvalue weighted by Crippen LogP contribution is 2.33. The van der Waals surface area contributed by atoms with Crippen LogP contribution in [0.3, 0.4) is 0 Å². The standard InChI is InChI=1S/C20H17N5O7S2.2C2H4N5O3/c26-20(21-14-8-2-1-3-9-14)19-22-24(15-10-4-6-12-17(15)33(27,28)29)25(23-19)16-11-5-7-13-18(16)34(30,31)32;2*1-10-6-3-2-5(4-6)7(8)9/h1-13H,(H,21,26)(H,22,23)(H,27,28,29)(H,30,31,32);2*2H,1H3/q;2*+1/p-2. The summed E-state index contributed by atoms with van der Waals surface area (Å²) in [5.41, 5.74) is 2.44. The van der Waals surface area contributed by atoms with Crippen LogP contribution in [0.15, 0.2) is 106 Å². The highest BCUT2D eigenvalue weighted by molar-refractivity contribution is 7.86. The average molecular weight is 794 g/mol. The maximum Gasteiger partial charge on any atom is 0.411 e. The molecular formula is C24H23N15O13S2. The predicted molar refractivity (Wildman–Crippen MR) is 170 cm³/mol. The van der Waals surface area contributed by atoms with Crippen LogP contribution < -0.4 is 40.6 Å². The fourth-order valence-corrected chi connectivity index (χ4v) is 5.17. The molecule has 30 heteroatoms. The van der Waals surface area contributed by atoms with Gasteiger partial charge < -0.3 is 34.7 Å². The molecule has 284 valence electrons. The van der Waals surface area contributed by atoms with Crippen LogP contribution in [-0.4, -0.2) is 92.2 Å². The van der Waals surface area contributed by atoms with Crippen LogP contribution in [-0.2, 0) is 25.0 Å². The van der Waals surface area contributed by atoms with Gasteiger partial charge in [-0.25, -0.2) is 16.8 Å². The maximum atomic E-state index is 12.8. The van der Waals surface area contributed by atoms with E-state index < -0.39 is 46.0 Å². The Morgan fingerprint density at radius 2 is 1.19 bits per heavy atom. The van der Waals surface area contributed by atoms with Crippen LogP contribution in [0, 0.1) is 20.2 Å². The second-order valence-electron chi connectivity index (χ2n) is 9.45. The van der Waals surface area contributed by atoms with E-state index in [1.807, 2.05) is 0 Å². The molecule has 0 radical (unpaired) electrons. The van der Waals surface area contributed by atoms with Gasteiger partial charge in [-0.1, -0.05) is 42.5 Å². The number of nitro groups is 2. The number of rotatable bonds is 10. The molecule has 0 saturated heterocycles. The van der Waals surface area contributed by atoms with Crippen molar-refractivity contribution in [2.24, 2.45) is 5.10 Å². The number of nitrogens with zero attached hydrogens (tertiary/aromatic N) is 13. The Labute approximate surface area is 301 Å². The van der Waals surface area contributed by atoms with Crippen molar-refractivity contribution in [2.75, 3.05) is 29.8 Å². The number of hydrogen-bond donors (Lipinski definition) is 2. The minimum Gasteiger partial charge on any atom is -0.744 e. The molecule has 1 amide bonds. The van der Waals surface area contributed by atoms with Crippen LogP contribution in [0.2, 0.25) is 0 Å². The van der Waals surface area contributed by atoms with Gasteiger partial charge in [0.15, 0.2) is 0 Å². The van der Waals surface area contributed by atoms with Gasteiger partial charge in [-0.15, -0.1) is 10.2 Å². The molecule has 1 aliphatic heterocycles. The molecule has 1 aliphatic rings. The van der Waals surface area contributed by atoms with Gasteiger partial charge in [0.05, 0.1) is 20.0 Å². The number of aromatic nitrogens is 8. The summed E-state index contributed by atoms with van der Waals surface area (Å²) in [6.45, 7) is 0. The molecule has 28 nitrogen and oxygen atoms in total. The molecule has 0 saturated carbocycles. The van der Waals surface area contributed by atoms with Crippen LogP contribution in [0.4, 0.5) is 17.1 Å². The van der Waals surface area contributed by atoms with Gasteiger partial charge in [-0.2, -0.15) is 5.12 Å². The van der Waals surface area contributed by atoms with Crippen molar-refractivity contribution in [1.82, 2.24) is 35.6 Å². The second-order valence-corrected chi connectivity index (χ2v) is 12.1. The SMILES string of the molecule is CO[n+]1ncn([N+](=O)[O-])n1.CO[n+]1ncn([N+](=O)[O-])n1.O=C(Nc1ccccc1)C1=NN(c2ccccc2S(=O)(=O)[O-])N(c2ccccc2S(=O)(=O)[O-])N1. The molecule has 0 bridgehead atoms. The quantitative estimate of drug-likeness (QED) is 0.0600. The summed E-state index contributed by atoms with van der Waals surface area (Å²) in [7, 11) is -7.40. The van der Waals surface area contributed by atoms with Crippen LogP contribution in [0.1, 0.15) is 0 Å². The number of hydrazone groups is 1. The number of anilines is 3. The third-order valence-electron chi connectivity index (χ3n) is 6.06. The molecule has 5 aromatic rings. The topological polar surface area (TPSA) is 348 Å². The number of para-hydroxylation sites is 3. The molecule has 54 heavy (non-hydrogen) atoms. The van der Waals surface area contributed by atoms with E-state index in [0.717, 1.165) is 44.9 Å². The number of amidine groups is 1. The summed E-state index contributed by atoms with van der Waals surface area (Å²) in [4.78, 5) is 42.5. The molecular weight excluding hydrogens is 770 g/mol. The van der Waals surface area contributed by atoms with E-state index in [4.69, 9.17) is 0 Å². The number of hydrogen-bond acceptors (Lipinski definition) is 21. The number of carbonyl (C=O) groups is 1. The fraction of sp³-hybridized carbons (Fsp3) is 0.0833. The molecule has 0 unspecified atom stereocenters. The van der Waals surface area contributed by atoms with Crippen LogP contribution in [0.25, 0.3) is 0 Å². The van der Waals surface area contributed by atoms with Crippen molar-refractivity contribution in [1.29, 1.82) is 0 Å². The van der Waals surface area contributed by atoms with Gasteiger partial charge in [0.25, 0.3) is 15.8 Å². The van der Waals surface area contributed by atoms with Gasteiger partial charge in [-0.05, 0) is 36.4 Å². The minimum atomic E-state index is -5.00. The molecule has 0 aliphatic carbocycles. The van der Waals surface area contributed by atoms with Gasteiger partial charge in [0.2, 0.25) is 15.4 Å². The summed E-state index contributed by atoms with van der Waals surface area (Å²) in [5, 5.41) is 39.9. The first kappa shape index (κ1) is 39.3. The Morgan fingerprint density at radius 1 is 0.741 bits per heavy atom. The lowest BCUT2D eigenvalue weighted by Gasteiger charge is -2.31. The summed E-state index contributed by atoms with van der Waals surface area (Å²) in [6, 6.07) is 18.3. The van der Waals surface area contributed by atoms with E-state index in [1.165, 1.54) is 50.6 Å². The predicted octanol–water partition coefficient (Wildman–Crippen LogP) is -3.48. The first-order valence-electron chi connectivity index (χ1n) is 14.0. The lowest BCUT2D eigenvalue weighted by Crippen LogP contribution is -2.47. The largest absolute Gasteiger partial charge is 0.744 e. The zero-order chi connectivity index (χ0) is 39.6. The molecule has 6 rings (SSSR count). The lowest BCUT2D eigenvalue weighted by atomic mass is 10.3. The molecule has 3 heterocycles. The third kappa shape index (κ3) is 9.87. The second kappa shape index (κ2) is 16.7. The normalized spacial score (nSPS) is 12.2. The van der Waals surface area contributed by atoms with E-state index in [1.54, 1.807) is 30.3 Å². The number of nitrogens with one attached hydrogen (secondary N) is 2. The van der Waals surface area contributed by atoms with Crippen molar-refractivity contribution >= 4 is 49.0 Å². The number of benzene rings is 3. The number of carbonyl (C=O) groups excluding carboxylic acids is 1. The van der Waals surface area contributed by atoms with Crippen molar-refractivity contribution in [3.8, 4) is 0 Å². The van der Waals surface area contributed by atoms with Gasteiger partial charge in [0, 0.05) is 5.69 Å². The Bertz CT molecular complexity index is 2340. The molecule has 0 spiro atoms. The first-order valence-corrected chi connectivity index (χ1v) is 16.8. The van der Waals surface area contributed by atoms with Crippen molar-refractivity contribution < 1.29 is 60.4 Å². The summed E-state index contributed by atoms with van der Waals surface area (Å²) in [6.07, 6.45) is 1.84. The summed E-state index contributed by atoms with van der Waals surface area (Å²) < 4.78 is 71.1. The highest BCUT2D eigenvalue weighted by Gasteiger charge is 2.33. The highest BCUT2D eigenvalue weighted by atomic mass is 32.2. The first-order chi connectivity index (χ1) is 25.5. The Balaban J connectivity index is 0.000000263. The van der Waals surface area contributed by atoms with Gasteiger partial charge in [-0.3, -0.25) is 19.9 Å². The lowest BCUT2D eigenvalue weighted by molar-refractivity contribution is -0.975. The number of tetrazole rings is 2. The van der Waals surface area contributed by atoms with Crippen molar-refractivity contribution in [2.45, 2.75) is 9.79 Å². The number of amides is 1. The minimum absolute atomic E-state index is 0.262.